The Balaban J connectivity index is 1.46. The smallest absolute Gasteiger partial charge is 0.128 e. The minimum atomic E-state index is 0.698. The van der Waals surface area contributed by atoms with Crippen molar-refractivity contribution in [3.05, 3.63) is 24.4 Å². The van der Waals surface area contributed by atoms with E-state index >= 15 is 0 Å². The quantitative estimate of drug-likeness (QED) is 0.907. The molecule has 0 aromatic carbocycles. The maximum atomic E-state index is 4.45. The van der Waals surface area contributed by atoms with Gasteiger partial charge in [0.2, 0.25) is 0 Å². The molecule has 0 bridgehead atoms. The second-order valence-corrected chi connectivity index (χ2v) is 6.22. The molecule has 0 radical (unpaired) electrons. The predicted octanol–water partition coefficient (Wildman–Crippen LogP) is 1.59. The van der Waals surface area contributed by atoms with Gasteiger partial charge in [-0.2, -0.15) is 0 Å². The van der Waals surface area contributed by atoms with Gasteiger partial charge in [-0.15, -0.1) is 0 Å². The van der Waals surface area contributed by atoms with Gasteiger partial charge in [0.25, 0.3) is 0 Å². The summed E-state index contributed by atoms with van der Waals surface area (Å²) < 4.78 is 0. The summed E-state index contributed by atoms with van der Waals surface area (Å²) in [5.41, 5.74) is 0. The van der Waals surface area contributed by atoms with E-state index in [2.05, 4.69) is 39.2 Å². The van der Waals surface area contributed by atoms with Crippen molar-refractivity contribution < 1.29 is 0 Å². The average Bonchev–Trinajstić information content (AvgIpc) is 2.49. The maximum Gasteiger partial charge on any atom is 0.128 e. The van der Waals surface area contributed by atoms with Gasteiger partial charge in [0.1, 0.15) is 5.82 Å². The molecule has 2 unspecified atom stereocenters. The van der Waals surface area contributed by atoms with Gasteiger partial charge in [0.15, 0.2) is 0 Å². The molecular weight excluding hydrogens is 248 g/mol. The van der Waals surface area contributed by atoms with Crippen LogP contribution in [0.1, 0.15) is 19.8 Å². The Kier molecular flexibility index (Phi) is 4.53. The van der Waals surface area contributed by atoms with Gasteiger partial charge in [0, 0.05) is 45.0 Å². The number of anilines is 1. The number of piperidine rings is 1. The van der Waals surface area contributed by atoms with Crippen LogP contribution in [0.2, 0.25) is 0 Å². The Morgan fingerprint density at radius 2 is 2.10 bits per heavy atom. The van der Waals surface area contributed by atoms with Crippen molar-refractivity contribution >= 4 is 5.82 Å². The molecule has 0 aliphatic carbocycles. The SMILES string of the molecule is CC1CC(CN2CCN(c3ccccn3)CC2)CCN1. The summed E-state index contributed by atoms with van der Waals surface area (Å²) in [6, 6.07) is 6.87. The molecule has 0 spiro atoms. The van der Waals surface area contributed by atoms with Crippen LogP contribution in [0.4, 0.5) is 5.82 Å². The fraction of sp³-hybridized carbons (Fsp3) is 0.688. The summed E-state index contributed by atoms with van der Waals surface area (Å²) in [5, 5.41) is 3.54. The van der Waals surface area contributed by atoms with E-state index in [4.69, 9.17) is 0 Å². The summed E-state index contributed by atoms with van der Waals surface area (Å²) >= 11 is 0. The largest absolute Gasteiger partial charge is 0.354 e. The highest BCUT2D eigenvalue weighted by Crippen LogP contribution is 2.19. The monoisotopic (exact) mass is 274 g/mol. The number of rotatable bonds is 3. The first-order valence-electron chi connectivity index (χ1n) is 7.93. The second kappa shape index (κ2) is 6.55. The molecule has 2 fully saturated rings. The highest BCUT2D eigenvalue weighted by atomic mass is 15.3. The Morgan fingerprint density at radius 3 is 2.80 bits per heavy atom. The zero-order valence-corrected chi connectivity index (χ0v) is 12.5. The third-order valence-electron chi connectivity index (χ3n) is 4.59. The third kappa shape index (κ3) is 3.49. The topological polar surface area (TPSA) is 31.4 Å². The van der Waals surface area contributed by atoms with E-state index in [9.17, 15) is 0 Å². The van der Waals surface area contributed by atoms with Gasteiger partial charge < -0.3 is 10.2 Å². The molecule has 2 saturated heterocycles. The van der Waals surface area contributed by atoms with Crippen LogP contribution >= 0.6 is 0 Å². The molecule has 0 saturated carbocycles. The lowest BCUT2D eigenvalue weighted by Crippen LogP contribution is -2.49. The molecule has 2 atom stereocenters. The number of nitrogens with one attached hydrogen (secondary N) is 1. The molecule has 0 amide bonds. The summed E-state index contributed by atoms with van der Waals surface area (Å²) in [4.78, 5) is 9.50. The molecule has 1 aromatic heterocycles. The molecule has 110 valence electrons. The van der Waals surface area contributed by atoms with Crippen LogP contribution in [0.5, 0.6) is 0 Å². The number of hydrogen-bond acceptors (Lipinski definition) is 4. The highest BCUT2D eigenvalue weighted by molar-refractivity contribution is 5.38. The summed E-state index contributed by atoms with van der Waals surface area (Å²) in [6.45, 7) is 9.35. The van der Waals surface area contributed by atoms with E-state index in [1.807, 2.05) is 12.3 Å². The summed E-state index contributed by atoms with van der Waals surface area (Å²) in [5.74, 6) is 2.01. The van der Waals surface area contributed by atoms with Crippen LogP contribution in [0.3, 0.4) is 0 Å². The number of aromatic nitrogens is 1. The Bertz CT molecular complexity index is 400. The minimum absolute atomic E-state index is 0.698. The maximum absolute atomic E-state index is 4.45. The number of piperazine rings is 1. The third-order valence-corrected chi connectivity index (χ3v) is 4.59. The van der Waals surface area contributed by atoms with Crippen LogP contribution in [-0.2, 0) is 0 Å². The molecule has 20 heavy (non-hydrogen) atoms. The fourth-order valence-electron chi connectivity index (χ4n) is 3.47. The standard InChI is InChI=1S/C16H26N4/c1-14-12-15(5-7-17-14)13-19-8-10-20(11-9-19)16-4-2-3-6-18-16/h2-4,6,14-15,17H,5,7-13H2,1H3. The van der Waals surface area contributed by atoms with E-state index in [1.54, 1.807) is 0 Å². The molecule has 1 aromatic rings. The zero-order chi connectivity index (χ0) is 13.8. The molecule has 4 heteroatoms. The molecule has 2 aliphatic rings. The van der Waals surface area contributed by atoms with Crippen molar-refractivity contribution in [1.82, 2.24) is 15.2 Å². The van der Waals surface area contributed by atoms with Crippen LogP contribution < -0.4 is 10.2 Å². The second-order valence-electron chi connectivity index (χ2n) is 6.22. The van der Waals surface area contributed by atoms with Crippen molar-refractivity contribution in [3.8, 4) is 0 Å². The van der Waals surface area contributed by atoms with Crippen LogP contribution in [-0.4, -0.2) is 55.2 Å². The van der Waals surface area contributed by atoms with E-state index in [0.29, 0.717) is 6.04 Å². The van der Waals surface area contributed by atoms with Crippen molar-refractivity contribution in [3.63, 3.8) is 0 Å². The van der Waals surface area contributed by atoms with Crippen LogP contribution in [0.25, 0.3) is 0 Å². The van der Waals surface area contributed by atoms with Crippen molar-refractivity contribution in [2.45, 2.75) is 25.8 Å². The lowest BCUT2D eigenvalue weighted by atomic mass is 9.92. The van der Waals surface area contributed by atoms with Gasteiger partial charge in [-0.1, -0.05) is 6.07 Å². The predicted molar refractivity (Wildman–Crippen MR) is 83.1 cm³/mol. The molecule has 3 heterocycles. The van der Waals surface area contributed by atoms with Crippen molar-refractivity contribution in [2.75, 3.05) is 44.2 Å². The van der Waals surface area contributed by atoms with Gasteiger partial charge >= 0.3 is 0 Å². The Morgan fingerprint density at radius 1 is 1.25 bits per heavy atom. The number of nitrogens with zero attached hydrogens (tertiary/aromatic N) is 3. The Hall–Kier alpha value is -1.13. The fourth-order valence-corrected chi connectivity index (χ4v) is 3.47. The Labute approximate surface area is 122 Å². The van der Waals surface area contributed by atoms with Gasteiger partial charge in [-0.05, 0) is 44.4 Å². The number of pyridine rings is 1. The first kappa shape index (κ1) is 13.8. The summed E-state index contributed by atoms with van der Waals surface area (Å²) in [6.07, 6.45) is 4.56. The molecule has 1 N–H and O–H groups in total. The minimum Gasteiger partial charge on any atom is -0.354 e. The van der Waals surface area contributed by atoms with E-state index in [0.717, 1.165) is 24.8 Å². The van der Waals surface area contributed by atoms with Crippen molar-refractivity contribution in [2.24, 2.45) is 5.92 Å². The highest BCUT2D eigenvalue weighted by Gasteiger charge is 2.23. The van der Waals surface area contributed by atoms with Crippen molar-refractivity contribution in [1.29, 1.82) is 0 Å². The number of hydrogen-bond donors (Lipinski definition) is 1. The summed E-state index contributed by atoms with van der Waals surface area (Å²) in [7, 11) is 0. The van der Waals surface area contributed by atoms with E-state index < -0.39 is 0 Å². The van der Waals surface area contributed by atoms with E-state index in [-0.39, 0.29) is 0 Å². The molecule has 2 aliphatic heterocycles. The van der Waals surface area contributed by atoms with Crippen LogP contribution in [0.15, 0.2) is 24.4 Å². The normalized spacial score (nSPS) is 28.6. The molecule has 4 nitrogen and oxygen atoms in total. The first-order chi connectivity index (χ1) is 9.81. The van der Waals surface area contributed by atoms with E-state index in [1.165, 1.54) is 39.0 Å². The lowest BCUT2D eigenvalue weighted by molar-refractivity contribution is 0.183. The molecular formula is C16H26N4. The molecule has 3 rings (SSSR count). The van der Waals surface area contributed by atoms with Crippen LogP contribution in [0, 0.1) is 5.92 Å². The van der Waals surface area contributed by atoms with Gasteiger partial charge in [0.05, 0.1) is 0 Å². The van der Waals surface area contributed by atoms with Gasteiger partial charge in [-0.3, -0.25) is 4.90 Å². The average molecular weight is 274 g/mol. The zero-order valence-electron chi connectivity index (χ0n) is 12.5. The van der Waals surface area contributed by atoms with Gasteiger partial charge in [-0.25, -0.2) is 4.98 Å². The lowest BCUT2D eigenvalue weighted by Gasteiger charge is -2.38. The first-order valence-corrected chi connectivity index (χ1v) is 7.93.